The molecule has 0 spiro atoms. The summed E-state index contributed by atoms with van der Waals surface area (Å²) in [6.07, 6.45) is 3.08. The van der Waals surface area contributed by atoms with Gasteiger partial charge in [-0.1, -0.05) is 0 Å². The first-order valence-corrected chi connectivity index (χ1v) is 10.7. The summed E-state index contributed by atoms with van der Waals surface area (Å²) in [7, 11) is -0.634. The number of carbonyl (C=O) groups excluding carboxylic acids is 1. The molecule has 0 aliphatic carbocycles. The maximum atomic E-state index is 12.9. The van der Waals surface area contributed by atoms with Crippen molar-refractivity contribution in [3.05, 3.63) is 18.2 Å². The van der Waals surface area contributed by atoms with Gasteiger partial charge in [-0.15, -0.1) is 0 Å². The summed E-state index contributed by atoms with van der Waals surface area (Å²) in [4.78, 5) is 12.4. The van der Waals surface area contributed by atoms with Crippen LogP contribution in [-0.2, 0) is 14.8 Å². The van der Waals surface area contributed by atoms with Gasteiger partial charge in [0.1, 0.15) is 0 Å². The van der Waals surface area contributed by atoms with Gasteiger partial charge >= 0.3 is 0 Å². The van der Waals surface area contributed by atoms with Crippen molar-refractivity contribution in [2.24, 2.45) is 0 Å². The lowest BCUT2D eigenvalue weighted by Crippen LogP contribution is -2.50. The Kier molecular flexibility index (Phi) is 6.23. The van der Waals surface area contributed by atoms with Crippen LogP contribution in [0.2, 0.25) is 0 Å². The van der Waals surface area contributed by atoms with Gasteiger partial charge in [-0.05, 0) is 44.4 Å². The number of benzene rings is 1. The number of sulfonamides is 1. The molecule has 150 valence electrons. The Labute approximate surface area is 160 Å². The topological polar surface area (TPSA) is 97.0 Å². The lowest BCUT2D eigenvalue weighted by molar-refractivity contribution is -0.123. The molecule has 2 heterocycles. The van der Waals surface area contributed by atoms with E-state index >= 15 is 0 Å². The zero-order chi connectivity index (χ0) is 19.4. The Morgan fingerprint density at radius 2 is 1.85 bits per heavy atom. The van der Waals surface area contributed by atoms with E-state index in [1.165, 1.54) is 30.7 Å². The van der Waals surface area contributed by atoms with Gasteiger partial charge in [0.25, 0.3) is 0 Å². The van der Waals surface area contributed by atoms with E-state index in [1.807, 2.05) is 0 Å². The van der Waals surface area contributed by atoms with Crippen LogP contribution in [0.15, 0.2) is 23.1 Å². The second-order valence-electron chi connectivity index (χ2n) is 6.85. The van der Waals surface area contributed by atoms with E-state index in [4.69, 9.17) is 9.47 Å². The fraction of sp³-hybridized carbons (Fsp3) is 0.611. The predicted octanol–water partition coefficient (Wildman–Crippen LogP) is 0.725. The monoisotopic (exact) mass is 397 g/mol. The summed E-state index contributed by atoms with van der Waals surface area (Å²) >= 11 is 0. The lowest BCUT2D eigenvalue weighted by atomic mass is 10.1. The number of methoxy groups -OCH3 is 2. The maximum absolute atomic E-state index is 12.9. The largest absolute Gasteiger partial charge is 0.493 e. The molecule has 0 aromatic heterocycles. The average Bonchev–Trinajstić information content (AvgIpc) is 3.22. The summed E-state index contributed by atoms with van der Waals surface area (Å²) < 4.78 is 37.7. The molecule has 2 aliphatic rings. The van der Waals surface area contributed by atoms with Gasteiger partial charge in [-0.3, -0.25) is 4.79 Å². The first-order valence-electron chi connectivity index (χ1n) is 9.21. The molecule has 1 unspecified atom stereocenters. The Hall–Kier alpha value is -1.84. The van der Waals surface area contributed by atoms with Crippen LogP contribution in [-0.4, -0.2) is 64.6 Å². The molecule has 1 aromatic rings. The summed E-state index contributed by atoms with van der Waals surface area (Å²) in [6.45, 7) is 1.62. The van der Waals surface area contributed by atoms with Crippen LogP contribution in [0, 0.1) is 0 Å². The molecule has 3 rings (SSSR count). The molecular formula is C18H27N3O5S. The highest BCUT2D eigenvalue weighted by Gasteiger charge is 2.32. The van der Waals surface area contributed by atoms with Crippen LogP contribution in [0.3, 0.4) is 0 Å². The number of rotatable bonds is 6. The normalized spacial score (nSPS) is 21.8. The molecule has 1 atom stereocenters. The van der Waals surface area contributed by atoms with Gasteiger partial charge in [0, 0.05) is 25.2 Å². The molecule has 9 heteroatoms. The van der Waals surface area contributed by atoms with E-state index in [0.29, 0.717) is 37.4 Å². The van der Waals surface area contributed by atoms with Crippen molar-refractivity contribution in [3.8, 4) is 11.5 Å². The zero-order valence-electron chi connectivity index (χ0n) is 15.7. The number of nitrogens with zero attached hydrogens (tertiary/aromatic N) is 1. The fourth-order valence-electron chi connectivity index (χ4n) is 3.58. The molecular weight excluding hydrogens is 370 g/mol. The first-order chi connectivity index (χ1) is 13.0. The second-order valence-corrected chi connectivity index (χ2v) is 8.79. The van der Waals surface area contributed by atoms with E-state index in [1.54, 1.807) is 6.07 Å². The smallest absolute Gasteiger partial charge is 0.243 e. The summed E-state index contributed by atoms with van der Waals surface area (Å²) in [5.41, 5.74) is 0. The van der Waals surface area contributed by atoms with E-state index in [9.17, 15) is 13.2 Å². The maximum Gasteiger partial charge on any atom is 0.243 e. The van der Waals surface area contributed by atoms with Gasteiger partial charge < -0.3 is 20.1 Å². The molecule has 2 saturated heterocycles. The molecule has 8 nitrogen and oxygen atoms in total. The van der Waals surface area contributed by atoms with Crippen LogP contribution in [0.1, 0.15) is 25.7 Å². The standard InChI is InChI=1S/C18H27N3O5S/c1-25-16-6-5-14(12-17(16)26-2)27(23,24)21-10-7-13(8-11-21)20-18(22)15-4-3-9-19-15/h5-6,12-13,15,19H,3-4,7-11H2,1-2H3,(H,20,22). The molecule has 2 N–H and O–H groups in total. The third-order valence-electron chi connectivity index (χ3n) is 5.17. The minimum absolute atomic E-state index is 0.0109. The second kappa shape index (κ2) is 8.45. The zero-order valence-corrected chi connectivity index (χ0v) is 16.5. The van der Waals surface area contributed by atoms with E-state index in [2.05, 4.69) is 10.6 Å². The van der Waals surface area contributed by atoms with Gasteiger partial charge in [0.15, 0.2) is 11.5 Å². The molecule has 1 aromatic carbocycles. The van der Waals surface area contributed by atoms with Gasteiger partial charge in [-0.2, -0.15) is 4.31 Å². The number of carbonyl (C=O) groups is 1. The third-order valence-corrected chi connectivity index (χ3v) is 7.06. The Morgan fingerprint density at radius 1 is 1.15 bits per heavy atom. The Bertz CT molecular complexity index is 769. The quantitative estimate of drug-likeness (QED) is 0.734. The van der Waals surface area contributed by atoms with Crippen molar-refractivity contribution in [2.45, 2.75) is 42.7 Å². The highest BCUT2D eigenvalue weighted by Crippen LogP contribution is 2.31. The molecule has 0 saturated carbocycles. The van der Waals surface area contributed by atoms with E-state index in [-0.39, 0.29) is 22.9 Å². The van der Waals surface area contributed by atoms with Crippen LogP contribution in [0.5, 0.6) is 11.5 Å². The molecule has 27 heavy (non-hydrogen) atoms. The number of ether oxygens (including phenoxy) is 2. The highest BCUT2D eigenvalue weighted by molar-refractivity contribution is 7.89. The summed E-state index contributed by atoms with van der Waals surface area (Å²) in [5.74, 6) is 0.886. The summed E-state index contributed by atoms with van der Waals surface area (Å²) in [6, 6.07) is 4.49. The lowest BCUT2D eigenvalue weighted by Gasteiger charge is -2.32. The minimum atomic E-state index is -3.61. The van der Waals surface area contributed by atoms with Crippen molar-refractivity contribution in [1.29, 1.82) is 0 Å². The van der Waals surface area contributed by atoms with E-state index in [0.717, 1.165) is 19.4 Å². The molecule has 2 aliphatic heterocycles. The first kappa shape index (κ1) is 19.9. The number of hydrogen-bond donors (Lipinski definition) is 2. The predicted molar refractivity (Wildman–Crippen MR) is 100 cm³/mol. The van der Waals surface area contributed by atoms with Crippen LogP contribution in [0.4, 0.5) is 0 Å². The van der Waals surface area contributed by atoms with Crippen molar-refractivity contribution in [3.63, 3.8) is 0 Å². The van der Waals surface area contributed by atoms with Gasteiger partial charge in [0.2, 0.25) is 15.9 Å². The minimum Gasteiger partial charge on any atom is -0.493 e. The SMILES string of the molecule is COc1ccc(S(=O)(=O)N2CCC(NC(=O)C3CCCN3)CC2)cc1OC. The van der Waals surface area contributed by atoms with Gasteiger partial charge in [0.05, 0.1) is 25.2 Å². The van der Waals surface area contributed by atoms with Crippen molar-refractivity contribution in [2.75, 3.05) is 33.9 Å². The molecule has 0 bridgehead atoms. The highest BCUT2D eigenvalue weighted by atomic mass is 32.2. The number of piperidine rings is 1. The Morgan fingerprint density at radius 3 is 2.44 bits per heavy atom. The molecule has 1 amide bonds. The third kappa shape index (κ3) is 4.36. The number of amides is 1. The van der Waals surface area contributed by atoms with Crippen molar-refractivity contribution >= 4 is 15.9 Å². The van der Waals surface area contributed by atoms with Crippen LogP contribution in [0.25, 0.3) is 0 Å². The fourth-order valence-corrected chi connectivity index (χ4v) is 5.06. The molecule has 0 radical (unpaired) electrons. The van der Waals surface area contributed by atoms with Crippen LogP contribution >= 0.6 is 0 Å². The van der Waals surface area contributed by atoms with Gasteiger partial charge in [-0.25, -0.2) is 8.42 Å². The van der Waals surface area contributed by atoms with E-state index < -0.39 is 10.0 Å². The average molecular weight is 397 g/mol. The molecule has 2 fully saturated rings. The van der Waals surface area contributed by atoms with Crippen molar-refractivity contribution in [1.82, 2.24) is 14.9 Å². The van der Waals surface area contributed by atoms with Crippen LogP contribution < -0.4 is 20.1 Å². The number of hydrogen-bond acceptors (Lipinski definition) is 6. The number of nitrogens with one attached hydrogen (secondary N) is 2. The Balaban J connectivity index is 1.62. The summed E-state index contributed by atoms with van der Waals surface area (Å²) in [5, 5.41) is 6.23. The van der Waals surface area contributed by atoms with Crippen molar-refractivity contribution < 1.29 is 22.7 Å².